The summed E-state index contributed by atoms with van der Waals surface area (Å²) in [6.45, 7) is 2.03. The summed E-state index contributed by atoms with van der Waals surface area (Å²) in [4.78, 5) is 0. The third kappa shape index (κ3) is 2.89. The Kier molecular flexibility index (Phi) is 4.33. The van der Waals surface area contributed by atoms with E-state index in [1.54, 1.807) is 12.1 Å². The van der Waals surface area contributed by atoms with Crippen molar-refractivity contribution >= 4 is 39.1 Å². The van der Waals surface area contributed by atoms with Crippen LogP contribution in [0.15, 0.2) is 40.9 Å². The van der Waals surface area contributed by atoms with E-state index in [9.17, 15) is 0 Å². The molecule has 0 aliphatic carbocycles. The molecular weight excluding hydrogens is 333 g/mol. The SMILES string of the molecule is Cc1cc(C(N)c2ccc(Cl)cc2Cl)ccc1Br. The fourth-order valence-electron chi connectivity index (χ4n) is 1.79. The van der Waals surface area contributed by atoms with E-state index in [0.29, 0.717) is 10.0 Å². The molecule has 18 heavy (non-hydrogen) atoms. The maximum Gasteiger partial charge on any atom is 0.0566 e. The first-order chi connectivity index (χ1) is 8.49. The summed E-state index contributed by atoms with van der Waals surface area (Å²) >= 11 is 15.5. The second kappa shape index (κ2) is 5.62. The maximum absolute atomic E-state index is 6.24. The van der Waals surface area contributed by atoms with Crippen molar-refractivity contribution in [1.29, 1.82) is 0 Å². The van der Waals surface area contributed by atoms with Gasteiger partial charge in [0.1, 0.15) is 0 Å². The highest BCUT2D eigenvalue weighted by Crippen LogP contribution is 2.30. The van der Waals surface area contributed by atoms with Gasteiger partial charge in [0.15, 0.2) is 0 Å². The van der Waals surface area contributed by atoms with Crippen LogP contribution in [0.5, 0.6) is 0 Å². The highest BCUT2D eigenvalue weighted by atomic mass is 79.9. The molecule has 2 aromatic rings. The van der Waals surface area contributed by atoms with Crippen LogP contribution in [-0.2, 0) is 0 Å². The molecular formula is C14H12BrCl2N. The van der Waals surface area contributed by atoms with E-state index < -0.39 is 0 Å². The standard InChI is InChI=1S/C14H12BrCl2N/c1-8-6-9(2-5-12(8)15)14(18)11-4-3-10(16)7-13(11)17/h2-7,14H,18H2,1H3. The van der Waals surface area contributed by atoms with E-state index in [1.165, 1.54) is 0 Å². The molecule has 0 fully saturated rings. The van der Waals surface area contributed by atoms with Gasteiger partial charge in [0, 0.05) is 14.5 Å². The number of hydrogen-bond donors (Lipinski definition) is 1. The fourth-order valence-corrected chi connectivity index (χ4v) is 2.57. The summed E-state index contributed by atoms with van der Waals surface area (Å²) in [5, 5.41) is 1.21. The Morgan fingerprint density at radius 2 is 1.83 bits per heavy atom. The molecule has 0 aliphatic heterocycles. The van der Waals surface area contributed by atoms with Crippen molar-refractivity contribution in [2.45, 2.75) is 13.0 Å². The van der Waals surface area contributed by atoms with Crippen molar-refractivity contribution < 1.29 is 0 Å². The topological polar surface area (TPSA) is 26.0 Å². The molecule has 0 radical (unpaired) electrons. The Morgan fingerprint density at radius 3 is 2.44 bits per heavy atom. The molecule has 0 spiro atoms. The number of aryl methyl sites for hydroxylation is 1. The zero-order valence-electron chi connectivity index (χ0n) is 9.75. The summed E-state index contributed by atoms with van der Waals surface area (Å²) in [5.41, 5.74) is 9.29. The lowest BCUT2D eigenvalue weighted by molar-refractivity contribution is 0.869. The van der Waals surface area contributed by atoms with Gasteiger partial charge in [-0.3, -0.25) is 0 Å². The molecule has 0 heterocycles. The number of benzene rings is 2. The first-order valence-electron chi connectivity index (χ1n) is 5.45. The van der Waals surface area contributed by atoms with Crippen LogP contribution < -0.4 is 5.73 Å². The lowest BCUT2D eigenvalue weighted by Crippen LogP contribution is -2.12. The van der Waals surface area contributed by atoms with Gasteiger partial charge in [-0.25, -0.2) is 0 Å². The fraction of sp³-hybridized carbons (Fsp3) is 0.143. The first kappa shape index (κ1) is 13.9. The summed E-state index contributed by atoms with van der Waals surface area (Å²) in [5.74, 6) is 0. The molecule has 0 amide bonds. The van der Waals surface area contributed by atoms with Gasteiger partial charge in [-0.05, 0) is 41.8 Å². The van der Waals surface area contributed by atoms with Gasteiger partial charge >= 0.3 is 0 Å². The van der Waals surface area contributed by atoms with Crippen LogP contribution in [0.25, 0.3) is 0 Å². The highest BCUT2D eigenvalue weighted by molar-refractivity contribution is 9.10. The molecule has 0 saturated heterocycles. The van der Waals surface area contributed by atoms with E-state index in [4.69, 9.17) is 28.9 Å². The molecule has 94 valence electrons. The Labute approximate surface area is 125 Å². The summed E-state index contributed by atoms with van der Waals surface area (Å²) in [6, 6.07) is 11.2. The molecule has 2 rings (SSSR count). The monoisotopic (exact) mass is 343 g/mol. The lowest BCUT2D eigenvalue weighted by Gasteiger charge is -2.15. The van der Waals surface area contributed by atoms with E-state index >= 15 is 0 Å². The molecule has 1 nitrogen and oxygen atoms in total. The molecule has 2 N–H and O–H groups in total. The van der Waals surface area contributed by atoms with Gasteiger partial charge in [0.25, 0.3) is 0 Å². The average molecular weight is 345 g/mol. The van der Waals surface area contributed by atoms with Crippen molar-refractivity contribution in [3.05, 3.63) is 67.6 Å². The third-order valence-electron chi connectivity index (χ3n) is 2.84. The van der Waals surface area contributed by atoms with Gasteiger partial charge in [-0.1, -0.05) is 57.3 Å². The number of halogens is 3. The normalized spacial score (nSPS) is 12.5. The average Bonchev–Trinajstić information content (AvgIpc) is 2.32. The smallest absolute Gasteiger partial charge is 0.0566 e. The van der Waals surface area contributed by atoms with Gasteiger partial charge in [-0.15, -0.1) is 0 Å². The van der Waals surface area contributed by atoms with Crippen molar-refractivity contribution in [2.24, 2.45) is 5.73 Å². The summed E-state index contributed by atoms with van der Waals surface area (Å²) in [6.07, 6.45) is 0. The minimum atomic E-state index is -0.249. The van der Waals surface area contributed by atoms with E-state index in [0.717, 1.165) is 21.2 Å². The second-order valence-corrected chi connectivity index (χ2v) is 5.85. The number of hydrogen-bond acceptors (Lipinski definition) is 1. The van der Waals surface area contributed by atoms with Crippen molar-refractivity contribution in [2.75, 3.05) is 0 Å². The lowest BCUT2D eigenvalue weighted by atomic mass is 9.98. The number of nitrogens with two attached hydrogens (primary N) is 1. The summed E-state index contributed by atoms with van der Waals surface area (Å²) < 4.78 is 1.07. The third-order valence-corrected chi connectivity index (χ3v) is 4.29. The van der Waals surface area contributed by atoms with E-state index in [-0.39, 0.29) is 6.04 Å². The van der Waals surface area contributed by atoms with Gasteiger partial charge < -0.3 is 5.73 Å². The van der Waals surface area contributed by atoms with Crippen LogP contribution in [0.1, 0.15) is 22.7 Å². The first-order valence-corrected chi connectivity index (χ1v) is 7.00. The molecule has 1 unspecified atom stereocenters. The Morgan fingerprint density at radius 1 is 1.11 bits per heavy atom. The minimum Gasteiger partial charge on any atom is -0.320 e. The maximum atomic E-state index is 6.24. The second-order valence-electron chi connectivity index (χ2n) is 4.15. The molecule has 4 heteroatoms. The zero-order valence-corrected chi connectivity index (χ0v) is 12.9. The van der Waals surface area contributed by atoms with E-state index in [2.05, 4.69) is 22.0 Å². The van der Waals surface area contributed by atoms with Crippen LogP contribution in [0.4, 0.5) is 0 Å². The van der Waals surface area contributed by atoms with Crippen molar-refractivity contribution in [1.82, 2.24) is 0 Å². The molecule has 0 bridgehead atoms. The largest absolute Gasteiger partial charge is 0.320 e. The van der Waals surface area contributed by atoms with Gasteiger partial charge in [0.05, 0.1) is 6.04 Å². The van der Waals surface area contributed by atoms with Crippen LogP contribution in [0.2, 0.25) is 10.0 Å². The van der Waals surface area contributed by atoms with E-state index in [1.807, 2.05) is 25.1 Å². The zero-order chi connectivity index (χ0) is 13.3. The van der Waals surface area contributed by atoms with Crippen LogP contribution in [0, 0.1) is 6.92 Å². The molecule has 0 aliphatic rings. The predicted octanol–water partition coefficient (Wildman–Crippen LogP) is 5.11. The van der Waals surface area contributed by atoms with Gasteiger partial charge in [0.2, 0.25) is 0 Å². The Balaban J connectivity index is 2.41. The quantitative estimate of drug-likeness (QED) is 0.804. The molecule has 0 saturated carbocycles. The number of rotatable bonds is 2. The van der Waals surface area contributed by atoms with Crippen molar-refractivity contribution in [3.8, 4) is 0 Å². The molecule has 1 atom stereocenters. The predicted molar refractivity (Wildman–Crippen MR) is 81.4 cm³/mol. The highest BCUT2D eigenvalue weighted by Gasteiger charge is 2.13. The van der Waals surface area contributed by atoms with Gasteiger partial charge in [-0.2, -0.15) is 0 Å². The van der Waals surface area contributed by atoms with Crippen LogP contribution in [0.3, 0.4) is 0 Å². The van der Waals surface area contributed by atoms with Crippen LogP contribution >= 0.6 is 39.1 Å². The Hall–Kier alpha value is -0.540. The van der Waals surface area contributed by atoms with Crippen molar-refractivity contribution in [3.63, 3.8) is 0 Å². The molecule has 0 aromatic heterocycles. The Bertz CT molecular complexity index is 584. The molecule has 2 aromatic carbocycles. The van der Waals surface area contributed by atoms with Crippen LogP contribution in [-0.4, -0.2) is 0 Å². The summed E-state index contributed by atoms with van der Waals surface area (Å²) in [7, 11) is 0. The minimum absolute atomic E-state index is 0.249.